The first-order chi connectivity index (χ1) is 9.99. The molecule has 1 aromatic rings. The lowest BCUT2D eigenvalue weighted by Gasteiger charge is -2.15. The average molecular weight is 296 g/mol. The maximum atomic E-state index is 11.6. The van der Waals surface area contributed by atoms with Crippen LogP contribution in [0.1, 0.15) is 26.7 Å². The van der Waals surface area contributed by atoms with E-state index in [0.29, 0.717) is 13.0 Å². The van der Waals surface area contributed by atoms with E-state index in [1.165, 1.54) is 0 Å². The highest BCUT2D eigenvalue weighted by atomic mass is 16.4. The van der Waals surface area contributed by atoms with E-state index < -0.39 is 11.9 Å². The molecule has 1 heterocycles. The molecule has 1 unspecified atom stereocenters. The van der Waals surface area contributed by atoms with E-state index in [2.05, 4.69) is 15.6 Å². The van der Waals surface area contributed by atoms with Gasteiger partial charge in [-0.2, -0.15) is 0 Å². The Morgan fingerprint density at radius 2 is 2.10 bits per heavy atom. The van der Waals surface area contributed by atoms with Crippen LogP contribution in [-0.4, -0.2) is 39.7 Å². The first-order valence-corrected chi connectivity index (χ1v) is 7.19. The number of rotatable bonds is 9. The Hall–Kier alpha value is -2.05. The van der Waals surface area contributed by atoms with Crippen LogP contribution in [0.25, 0.3) is 0 Å². The van der Waals surface area contributed by atoms with E-state index in [1.54, 1.807) is 12.5 Å². The zero-order chi connectivity index (χ0) is 15.7. The SMILES string of the molecule is CC(C)CC(CNC(=O)NCCCn1ccnc1)C(=O)O. The van der Waals surface area contributed by atoms with Crippen LogP contribution in [0, 0.1) is 11.8 Å². The van der Waals surface area contributed by atoms with E-state index >= 15 is 0 Å². The lowest BCUT2D eigenvalue weighted by Crippen LogP contribution is -2.40. The van der Waals surface area contributed by atoms with Crippen molar-refractivity contribution in [2.24, 2.45) is 11.8 Å². The molecule has 0 saturated heterocycles. The van der Waals surface area contributed by atoms with Crippen molar-refractivity contribution in [3.05, 3.63) is 18.7 Å². The van der Waals surface area contributed by atoms with Crippen molar-refractivity contribution in [2.75, 3.05) is 13.1 Å². The molecule has 0 aliphatic heterocycles. The van der Waals surface area contributed by atoms with Crippen LogP contribution in [0.4, 0.5) is 4.79 Å². The van der Waals surface area contributed by atoms with Crippen molar-refractivity contribution in [3.8, 4) is 0 Å². The van der Waals surface area contributed by atoms with Crippen LogP contribution in [0.15, 0.2) is 18.7 Å². The highest BCUT2D eigenvalue weighted by Crippen LogP contribution is 2.10. The van der Waals surface area contributed by atoms with Crippen molar-refractivity contribution < 1.29 is 14.7 Å². The predicted molar refractivity (Wildman–Crippen MR) is 78.8 cm³/mol. The molecule has 1 atom stereocenters. The third kappa shape index (κ3) is 7.34. The smallest absolute Gasteiger partial charge is 0.314 e. The highest BCUT2D eigenvalue weighted by Gasteiger charge is 2.19. The van der Waals surface area contributed by atoms with Crippen molar-refractivity contribution >= 4 is 12.0 Å². The second kappa shape index (κ2) is 8.99. The van der Waals surface area contributed by atoms with Crippen LogP contribution < -0.4 is 10.6 Å². The molecule has 1 aromatic heterocycles. The summed E-state index contributed by atoms with van der Waals surface area (Å²) < 4.78 is 1.93. The maximum Gasteiger partial charge on any atom is 0.314 e. The largest absolute Gasteiger partial charge is 0.481 e. The third-order valence-corrected chi connectivity index (χ3v) is 3.05. The molecule has 1 rings (SSSR count). The Morgan fingerprint density at radius 3 is 2.67 bits per heavy atom. The van der Waals surface area contributed by atoms with Gasteiger partial charge in [-0.15, -0.1) is 0 Å². The summed E-state index contributed by atoms with van der Waals surface area (Å²) in [6, 6.07) is -0.323. The zero-order valence-electron chi connectivity index (χ0n) is 12.6. The molecule has 21 heavy (non-hydrogen) atoms. The number of hydrogen-bond acceptors (Lipinski definition) is 3. The molecule has 118 valence electrons. The lowest BCUT2D eigenvalue weighted by molar-refractivity contribution is -0.142. The van der Waals surface area contributed by atoms with Crippen molar-refractivity contribution in [1.82, 2.24) is 20.2 Å². The molecule has 7 heteroatoms. The molecular formula is C14H24N4O3. The average Bonchev–Trinajstić information content (AvgIpc) is 2.92. The van der Waals surface area contributed by atoms with Gasteiger partial charge in [-0.25, -0.2) is 9.78 Å². The summed E-state index contributed by atoms with van der Waals surface area (Å²) >= 11 is 0. The normalized spacial score (nSPS) is 12.1. The van der Waals surface area contributed by atoms with Crippen LogP contribution in [0.2, 0.25) is 0 Å². The number of nitrogens with zero attached hydrogens (tertiary/aromatic N) is 2. The fourth-order valence-corrected chi connectivity index (χ4v) is 2.00. The number of aromatic nitrogens is 2. The van der Waals surface area contributed by atoms with Gasteiger partial charge in [-0.05, 0) is 18.8 Å². The second-order valence-electron chi connectivity index (χ2n) is 5.46. The van der Waals surface area contributed by atoms with Gasteiger partial charge in [0, 0.05) is 32.0 Å². The molecular weight excluding hydrogens is 272 g/mol. The minimum absolute atomic E-state index is 0.154. The number of hydrogen-bond donors (Lipinski definition) is 3. The third-order valence-electron chi connectivity index (χ3n) is 3.05. The predicted octanol–water partition coefficient (Wildman–Crippen LogP) is 1.32. The summed E-state index contributed by atoms with van der Waals surface area (Å²) in [6.07, 6.45) is 6.64. The van der Waals surface area contributed by atoms with Gasteiger partial charge >= 0.3 is 12.0 Å². The summed E-state index contributed by atoms with van der Waals surface area (Å²) in [5.41, 5.74) is 0. The molecule has 0 aromatic carbocycles. The fraction of sp³-hybridized carbons (Fsp3) is 0.643. The first-order valence-electron chi connectivity index (χ1n) is 7.19. The van der Waals surface area contributed by atoms with Gasteiger partial charge < -0.3 is 20.3 Å². The van der Waals surface area contributed by atoms with Gasteiger partial charge in [0.15, 0.2) is 0 Å². The summed E-state index contributed by atoms with van der Waals surface area (Å²) in [7, 11) is 0. The Bertz CT molecular complexity index is 431. The van der Waals surface area contributed by atoms with E-state index in [1.807, 2.05) is 24.6 Å². The van der Waals surface area contributed by atoms with Crippen molar-refractivity contribution in [2.45, 2.75) is 33.2 Å². The topological polar surface area (TPSA) is 96.3 Å². The lowest BCUT2D eigenvalue weighted by atomic mass is 9.97. The zero-order valence-corrected chi connectivity index (χ0v) is 12.6. The van der Waals surface area contributed by atoms with Crippen LogP contribution in [0.3, 0.4) is 0 Å². The van der Waals surface area contributed by atoms with E-state index in [-0.39, 0.29) is 18.5 Å². The molecule has 3 N–H and O–H groups in total. The quantitative estimate of drug-likeness (QED) is 0.599. The minimum Gasteiger partial charge on any atom is -0.481 e. The number of carbonyl (C=O) groups excluding carboxylic acids is 1. The minimum atomic E-state index is -0.871. The molecule has 0 saturated carbocycles. The van der Waals surface area contributed by atoms with Gasteiger partial charge in [0.2, 0.25) is 0 Å². The number of carboxylic acids is 1. The van der Waals surface area contributed by atoms with Gasteiger partial charge in [-0.1, -0.05) is 13.8 Å². The highest BCUT2D eigenvalue weighted by molar-refractivity contribution is 5.75. The van der Waals surface area contributed by atoms with Gasteiger partial charge in [0.1, 0.15) is 0 Å². The Balaban J connectivity index is 2.16. The number of aliphatic carboxylic acids is 1. The number of amides is 2. The Morgan fingerprint density at radius 1 is 1.33 bits per heavy atom. The van der Waals surface area contributed by atoms with E-state index in [0.717, 1.165) is 13.0 Å². The number of imidazole rings is 1. The molecule has 0 bridgehead atoms. The van der Waals surface area contributed by atoms with Gasteiger partial charge in [0.25, 0.3) is 0 Å². The van der Waals surface area contributed by atoms with Crippen molar-refractivity contribution in [3.63, 3.8) is 0 Å². The number of aryl methyl sites for hydroxylation is 1. The molecule has 2 amide bonds. The molecule has 0 radical (unpaired) electrons. The molecule has 0 aliphatic rings. The van der Waals surface area contributed by atoms with E-state index in [4.69, 9.17) is 5.11 Å². The van der Waals surface area contributed by atoms with Crippen LogP contribution in [-0.2, 0) is 11.3 Å². The molecule has 0 fully saturated rings. The van der Waals surface area contributed by atoms with E-state index in [9.17, 15) is 9.59 Å². The van der Waals surface area contributed by atoms with Crippen molar-refractivity contribution in [1.29, 1.82) is 0 Å². The summed E-state index contributed by atoms with van der Waals surface area (Å²) in [4.78, 5) is 26.6. The maximum absolute atomic E-state index is 11.6. The van der Waals surface area contributed by atoms with Crippen LogP contribution >= 0.6 is 0 Å². The Kier molecular flexibility index (Phi) is 7.28. The van der Waals surface area contributed by atoms with Gasteiger partial charge in [-0.3, -0.25) is 4.79 Å². The number of carbonyl (C=O) groups is 2. The standard InChI is InChI=1S/C14H24N4O3/c1-11(2)8-12(13(19)20)9-17-14(21)16-4-3-6-18-7-5-15-10-18/h5,7,10-12H,3-4,6,8-9H2,1-2H3,(H,19,20)(H2,16,17,21). The number of carboxylic acid groups (broad SMARTS) is 1. The number of urea groups is 1. The molecule has 0 aliphatic carbocycles. The monoisotopic (exact) mass is 296 g/mol. The summed E-state index contributed by atoms with van der Waals surface area (Å²) in [5, 5.41) is 14.4. The molecule has 7 nitrogen and oxygen atoms in total. The number of nitrogens with one attached hydrogen (secondary N) is 2. The first kappa shape index (κ1) is 17.0. The Labute approximate surface area is 124 Å². The fourth-order valence-electron chi connectivity index (χ4n) is 2.00. The summed E-state index contributed by atoms with van der Waals surface area (Å²) in [6.45, 7) is 5.40. The van der Waals surface area contributed by atoms with Crippen LogP contribution in [0.5, 0.6) is 0 Å². The van der Waals surface area contributed by atoms with Gasteiger partial charge in [0.05, 0.1) is 12.2 Å². The summed E-state index contributed by atoms with van der Waals surface area (Å²) in [5.74, 6) is -1.13. The molecule has 0 spiro atoms. The second-order valence-corrected chi connectivity index (χ2v) is 5.46.